The van der Waals surface area contributed by atoms with Gasteiger partial charge in [-0.3, -0.25) is 4.79 Å². The third-order valence-corrected chi connectivity index (χ3v) is 5.02. The Hall–Kier alpha value is -1.44. The van der Waals surface area contributed by atoms with E-state index in [1.807, 2.05) is 30.3 Å². The maximum Gasteiger partial charge on any atom is 0.309 e. The van der Waals surface area contributed by atoms with Gasteiger partial charge in [-0.1, -0.05) is 37.3 Å². The highest BCUT2D eigenvalue weighted by molar-refractivity contribution is 7.86. The molecule has 0 aliphatic rings. The van der Waals surface area contributed by atoms with Crippen LogP contribution in [-0.4, -0.2) is 50.7 Å². The minimum atomic E-state index is -3.62. The number of carbonyl (C=O) groups is 1. The molecule has 118 valence electrons. The van der Waals surface area contributed by atoms with Crippen LogP contribution in [0.25, 0.3) is 0 Å². The summed E-state index contributed by atoms with van der Waals surface area (Å²) >= 11 is 0. The van der Waals surface area contributed by atoms with Gasteiger partial charge in [0.15, 0.2) is 0 Å². The van der Waals surface area contributed by atoms with Gasteiger partial charge in [0, 0.05) is 27.2 Å². The fourth-order valence-corrected chi connectivity index (χ4v) is 3.12. The van der Waals surface area contributed by atoms with E-state index in [4.69, 9.17) is 0 Å². The first-order valence-electron chi connectivity index (χ1n) is 6.58. The highest BCUT2D eigenvalue weighted by Gasteiger charge is 2.27. The lowest BCUT2D eigenvalue weighted by atomic mass is 10.2. The number of hydrogen-bond donors (Lipinski definition) is 0. The maximum absolute atomic E-state index is 12.4. The molecule has 0 spiro atoms. The van der Waals surface area contributed by atoms with E-state index in [-0.39, 0.29) is 13.1 Å². The second-order valence-electron chi connectivity index (χ2n) is 4.95. The van der Waals surface area contributed by atoms with Crippen molar-refractivity contribution < 1.29 is 17.9 Å². The fraction of sp³-hybridized carbons (Fsp3) is 0.500. The van der Waals surface area contributed by atoms with Gasteiger partial charge in [0.2, 0.25) is 0 Å². The molecule has 0 aliphatic carbocycles. The van der Waals surface area contributed by atoms with Gasteiger partial charge in [0.1, 0.15) is 0 Å². The van der Waals surface area contributed by atoms with Crippen LogP contribution in [0.5, 0.6) is 0 Å². The Labute approximate surface area is 126 Å². The molecule has 0 N–H and O–H groups in total. The van der Waals surface area contributed by atoms with Crippen molar-refractivity contribution in [3.8, 4) is 0 Å². The normalized spacial score (nSPS) is 13.4. The first kappa shape index (κ1) is 17.6. The molecule has 0 radical (unpaired) electrons. The van der Waals surface area contributed by atoms with E-state index in [9.17, 15) is 13.2 Å². The van der Waals surface area contributed by atoms with Gasteiger partial charge in [-0.15, -0.1) is 0 Å². The van der Waals surface area contributed by atoms with Crippen LogP contribution in [0.4, 0.5) is 0 Å². The summed E-state index contributed by atoms with van der Waals surface area (Å²) < 4.78 is 31.8. The number of rotatable bonds is 7. The fourth-order valence-electron chi connectivity index (χ4n) is 1.92. The average Bonchev–Trinajstić information content (AvgIpc) is 2.47. The molecule has 0 saturated heterocycles. The van der Waals surface area contributed by atoms with Gasteiger partial charge in [-0.2, -0.15) is 17.0 Å². The number of hydrogen-bond acceptors (Lipinski definition) is 4. The van der Waals surface area contributed by atoms with Crippen molar-refractivity contribution in [1.29, 1.82) is 0 Å². The Balaban J connectivity index is 2.73. The van der Waals surface area contributed by atoms with Crippen molar-refractivity contribution in [3.63, 3.8) is 0 Å². The van der Waals surface area contributed by atoms with Crippen LogP contribution < -0.4 is 0 Å². The summed E-state index contributed by atoms with van der Waals surface area (Å²) in [6.45, 7) is 1.99. The molecule has 0 amide bonds. The van der Waals surface area contributed by atoms with Gasteiger partial charge in [-0.05, 0) is 5.56 Å². The molecule has 1 rings (SSSR count). The van der Waals surface area contributed by atoms with Crippen molar-refractivity contribution in [2.75, 3.05) is 27.7 Å². The summed E-state index contributed by atoms with van der Waals surface area (Å²) in [4.78, 5) is 11.4. The van der Waals surface area contributed by atoms with E-state index in [2.05, 4.69) is 4.74 Å². The average molecular weight is 314 g/mol. The van der Waals surface area contributed by atoms with Crippen LogP contribution in [0, 0.1) is 5.92 Å². The molecular weight excluding hydrogens is 292 g/mol. The zero-order chi connectivity index (χ0) is 16.0. The monoisotopic (exact) mass is 314 g/mol. The van der Waals surface area contributed by atoms with Gasteiger partial charge < -0.3 is 4.74 Å². The standard InChI is InChI=1S/C14H22N2O4S/c1-12(14(17)20-4)10-15(2)21(18,19)16(3)11-13-8-6-5-7-9-13/h5-9,12H,10-11H2,1-4H3. The van der Waals surface area contributed by atoms with Gasteiger partial charge in [-0.25, -0.2) is 0 Å². The number of esters is 1. The summed E-state index contributed by atoms with van der Waals surface area (Å²) in [7, 11) is 0.642. The molecule has 1 unspecified atom stereocenters. The van der Waals surface area contributed by atoms with Crippen LogP contribution in [0.3, 0.4) is 0 Å². The number of benzene rings is 1. The smallest absolute Gasteiger partial charge is 0.309 e. The second-order valence-corrected chi connectivity index (χ2v) is 7.10. The van der Waals surface area contributed by atoms with E-state index in [1.165, 1.54) is 25.5 Å². The lowest BCUT2D eigenvalue weighted by Gasteiger charge is -2.25. The minimum absolute atomic E-state index is 0.0775. The molecular formula is C14H22N2O4S. The minimum Gasteiger partial charge on any atom is -0.469 e. The molecule has 21 heavy (non-hydrogen) atoms. The lowest BCUT2D eigenvalue weighted by molar-refractivity contribution is -0.145. The maximum atomic E-state index is 12.4. The summed E-state index contributed by atoms with van der Waals surface area (Å²) in [5, 5.41) is 0. The van der Waals surface area contributed by atoms with Crippen molar-refractivity contribution in [2.24, 2.45) is 5.92 Å². The van der Waals surface area contributed by atoms with Crippen LogP contribution in [0.2, 0.25) is 0 Å². The number of ether oxygens (including phenoxy) is 1. The summed E-state index contributed by atoms with van der Waals surface area (Å²) in [5.74, 6) is -0.942. The zero-order valence-corrected chi connectivity index (χ0v) is 13.6. The van der Waals surface area contributed by atoms with E-state index in [0.717, 1.165) is 9.87 Å². The van der Waals surface area contributed by atoms with E-state index >= 15 is 0 Å². The molecule has 1 atom stereocenters. The van der Waals surface area contributed by atoms with E-state index in [0.29, 0.717) is 0 Å². The SMILES string of the molecule is COC(=O)C(C)CN(C)S(=O)(=O)N(C)Cc1ccccc1. The van der Waals surface area contributed by atoms with Crippen molar-refractivity contribution in [1.82, 2.24) is 8.61 Å². The largest absolute Gasteiger partial charge is 0.469 e. The van der Waals surface area contributed by atoms with Crippen LogP contribution >= 0.6 is 0 Å². The first-order valence-corrected chi connectivity index (χ1v) is 7.98. The lowest BCUT2D eigenvalue weighted by Crippen LogP contribution is -2.42. The molecule has 0 heterocycles. The Kier molecular flexibility index (Phi) is 6.32. The highest BCUT2D eigenvalue weighted by Crippen LogP contribution is 2.12. The third kappa shape index (κ3) is 4.80. The van der Waals surface area contributed by atoms with E-state index in [1.54, 1.807) is 6.92 Å². The Morgan fingerprint density at radius 1 is 1.19 bits per heavy atom. The Morgan fingerprint density at radius 2 is 1.76 bits per heavy atom. The number of methoxy groups -OCH3 is 1. The van der Waals surface area contributed by atoms with E-state index < -0.39 is 22.1 Å². The van der Waals surface area contributed by atoms with Crippen LogP contribution in [0.15, 0.2) is 30.3 Å². The van der Waals surface area contributed by atoms with Crippen molar-refractivity contribution >= 4 is 16.2 Å². The summed E-state index contributed by atoms with van der Waals surface area (Å²) in [6.07, 6.45) is 0. The molecule has 7 heteroatoms. The Morgan fingerprint density at radius 3 is 2.29 bits per heavy atom. The van der Waals surface area contributed by atoms with Crippen molar-refractivity contribution in [3.05, 3.63) is 35.9 Å². The van der Waals surface area contributed by atoms with Gasteiger partial charge in [0.25, 0.3) is 10.2 Å². The summed E-state index contributed by atoms with van der Waals surface area (Å²) in [6, 6.07) is 9.33. The molecule has 0 aliphatic heterocycles. The molecule has 1 aromatic carbocycles. The second kappa shape index (κ2) is 7.53. The predicted molar refractivity (Wildman–Crippen MR) is 80.6 cm³/mol. The molecule has 0 saturated carbocycles. The van der Waals surface area contributed by atoms with Gasteiger partial charge >= 0.3 is 5.97 Å². The molecule has 0 fully saturated rings. The van der Waals surface area contributed by atoms with Crippen LogP contribution in [-0.2, 0) is 26.3 Å². The third-order valence-electron chi connectivity index (χ3n) is 3.17. The molecule has 0 aromatic heterocycles. The quantitative estimate of drug-likeness (QED) is 0.707. The summed E-state index contributed by atoms with van der Waals surface area (Å²) in [5.41, 5.74) is 0.901. The van der Waals surface area contributed by atoms with Crippen molar-refractivity contribution in [2.45, 2.75) is 13.5 Å². The van der Waals surface area contributed by atoms with Gasteiger partial charge in [0.05, 0.1) is 13.0 Å². The molecule has 0 bridgehead atoms. The predicted octanol–water partition coefficient (Wildman–Crippen LogP) is 1.10. The molecule has 1 aromatic rings. The zero-order valence-electron chi connectivity index (χ0n) is 12.8. The highest BCUT2D eigenvalue weighted by atomic mass is 32.2. The topological polar surface area (TPSA) is 66.9 Å². The number of nitrogens with zero attached hydrogens (tertiary/aromatic N) is 2. The molecule has 6 nitrogen and oxygen atoms in total. The van der Waals surface area contributed by atoms with Crippen LogP contribution in [0.1, 0.15) is 12.5 Å². The number of carbonyl (C=O) groups excluding carboxylic acids is 1. The Bertz CT molecular complexity index is 560. The first-order chi connectivity index (χ1) is 9.78.